The van der Waals surface area contributed by atoms with Crippen LogP contribution in [0.15, 0.2) is 18.2 Å². The molecular weight excluding hydrogens is 286 g/mol. The number of nitrogens with one attached hydrogen (secondary N) is 2. The standard InChI is InChI=1S/C15H21N3O2S/c1-2-16-15(21)18-7-5-17(6-8-18)10-12-3-4-13-14(9-12)20-11-19-13/h3-4,9H,2,5-8,10-11H2,1H3,(H,16,21)/p+1. The van der Waals surface area contributed by atoms with Crippen molar-refractivity contribution in [1.29, 1.82) is 0 Å². The van der Waals surface area contributed by atoms with E-state index in [0.717, 1.165) is 55.9 Å². The van der Waals surface area contributed by atoms with E-state index < -0.39 is 0 Å². The van der Waals surface area contributed by atoms with E-state index >= 15 is 0 Å². The summed E-state index contributed by atoms with van der Waals surface area (Å²) in [6.07, 6.45) is 0. The summed E-state index contributed by atoms with van der Waals surface area (Å²) in [6, 6.07) is 6.24. The number of piperazine rings is 1. The second-order valence-electron chi connectivity index (χ2n) is 5.44. The molecule has 0 spiro atoms. The number of nitrogens with zero attached hydrogens (tertiary/aromatic N) is 1. The van der Waals surface area contributed by atoms with Gasteiger partial charge >= 0.3 is 0 Å². The van der Waals surface area contributed by atoms with Crippen LogP contribution in [-0.4, -0.2) is 49.5 Å². The zero-order valence-corrected chi connectivity index (χ0v) is 13.2. The van der Waals surface area contributed by atoms with Crippen molar-refractivity contribution >= 4 is 17.3 Å². The number of ether oxygens (including phenoxy) is 2. The Morgan fingerprint density at radius 1 is 1.29 bits per heavy atom. The van der Waals surface area contributed by atoms with E-state index in [1.807, 2.05) is 6.07 Å². The molecule has 3 rings (SSSR count). The first-order valence-electron chi connectivity index (χ1n) is 7.51. The second kappa shape index (κ2) is 6.49. The van der Waals surface area contributed by atoms with Gasteiger partial charge in [-0.15, -0.1) is 0 Å². The first kappa shape index (κ1) is 14.4. The van der Waals surface area contributed by atoms with Gasteiger partial charge < -0.3 is 24.6 Å². The molecule has 0 aromatic heterocycles. The van der Waals surface area contributed by atoms with Gasteiger partial charge in [0.2, 0.25) is 6.79 Å². The lowest BCUT2D eigenvalue weighted by molar-refractivity contribution is -0.917. The van der Waals surface area contributed by atoms with Crippen LogP contribution in [0.4, 0.5) is 0 Å². The fourth-order valence-electron chi connectivity index (χ4n) is 2.81. The van der Waals surface area contributed by atoms with Gasteiger partial charge in [-0.3, -0.25) is 0 Å². The predicted molar refractivity (Wildman–Crippen MR) is 84.8 cm³/mol. The highest BCUT2D eigenvalue weighted by Crippen LogP contribution is 2.32. The van der Waals surface area contributed by atoms with Crippen molar-refractivity contribution in [3.8, 4) is 11.5 Å². The van der Waals surface area contributed by atoms with Crippen molar-refractivity contribution in [1.82, 2.24) is 10.2 Å². The largest absolute Gasteiger partial charge is 0.454 e. The van der Waals surface area contributed by atoms with E-state index in [1.165, 1.54) is 5.56 Å². The summed E-state index contributed by atoms with van der Waals surface area (Å²) in [5, 5.41) is 4.11. The Balaban J connectivity index is 1.52. The highest BCUT2D eigenvalue weighted by atomic mass is 32.1. The van der Waals surface area contributed by atoms with E-state index in [9.17, 15) is 0 Å². The molecule has 1 saturated heterocycles. The monoisotopic (exact) mass is 308 g/mol. The van der Waals surface area contributed by atoms with Gasteiger partial charge in [0.05, 0.1) is 26.2 Å². The molecule has 2 N–H and O–H groups in total. The van der Waals surface area contributed by atoms with Crippen LogP contribution in [-0.2, 0) is 6.54 Å². The molecule has 0 aliphatic carbocycles. The summed E-state index contributed by atoms with van der Waals surface area (Å²) in [7, 11) is 0. The SMILES string of the molecule is CCNC(=S)N1CC[NH+](Cc2ccc3c(c2)OCO3)CC1. The average molecular weight is 308 g/mol. The van der Waals surface area contributed by atoms with Gasteiger partial charge in [-0.2, -0.15) is 0 Å². The zero-order chi connectivity index (χ0) is 14.7. The van der Waals surface area contributed by atoms with Crippen LogP contribution >= 0.6 is 12.2 Å². The highest BCUT2D eigenvalue weighted by Gasteiger charge is 2.22. The molecule has 1 aromatic carbocycles. The number of rotatable bonds is 3. The molecule has 6 heteroatoms. The molecule has 0 bridgehead atoms. The first-order valence-corrected chi connectivity index (χ1v) is 7.92. The smallest absolute Gasteiger partial charge is 0.231 e. The van der Waals surface area contributed by atoms with E-state index in [4.69, 9.17) is 21.7 Å². The molecular formula is C15H22N3O2S+. The number of quaternary nitrogens is 1. The maximum absolute atomic E-state index is 5.44. The minimum atomic E-state index is 0.339. The van der Waals surface area contributed by atoms with Crippen LogP contribution in [0.1, 0.15) is 12.5 Å². The summed E-state index contributed by atoms with van der Waals surface area (Å²) in [5.41, 5.74) is 1.30. The number of benzene rings is 1. The summed E-state index contributed by atoms with van der Waals surface area (Å²) < 4.78 is 10.8. The third-order valence-corrected chi connectivity index (χ3v) is 4.38. The van der Waals surface area contributed by atoms with Crippen molar-refractivity contribution < 1.29 is 14.4 Å². The number of thiocarbonyl (C=S) groups is 1. The molecule has 2 heterocycles. The average Bonchev–Trinajstić information content (AvgIpc) is 2.96. The first-order chi connectivity index (χ1) is 10.3. The fraction of sp³-hybridized carbons (Fsp3) is 0.533. The minimum absolute atomic E-state index is 0.339. The fourth-order valence-corrected chi connectivity index (χ4v) is 3.13. The normalized spacial score (nSPS) is 17.9. The number of hydrogen-bond acceptors (Lipinski definition) is 3. The molecule has 0 radical (unpaired) electrons. The van der Waals surface area contributed by atoms with Crippen molar-refractivity contribution in [3.05, 3.63) is 23.8 Å². The van der Waals surface area contributed by atoms with Gasteiger partial charge in [-0.1, -0.05) is 0 Å². The molecule has 21 heavy (non-hydrogen) atoms. The molecule has 0 saturated carbocycles. The van der Waals surface area contributed by atoms with Crippen LogP contribution in [0.2, 0.25) is 0 Å². The lowest BCUT2D eigenvalue weighted by Crippen LogP contribution is -3.13. The lowest BCUT2D eigenvalue weighted by Gasteiger charge is -2.33. The summed E-state index contributed by atoms with van der Waals surface area (Å²) in [4.78, 5) is 3.85. The van der Waals surface area contributed by atoms with Crippen LogP contribution < -0.4 is 19.7 Å². The maximum atomic E-state index is 5.44. The molecule has 114 valence electrons. The lowest BCUT2D eigenvalue weighted by atomic mass is 10.1. The highest BCUT2D eigenvalue weighted by molar-refractivity contribution is 7.80. The molecule has 1 fully saturated rings. The van der Waals surface area contributed by atoms with Crippen molar-refractivity contribution in [2.45, 2.75) is 13.5 Å². The Kier molecular flexibility index (Phi) is 4.45. The molecule has 0 amide bonds. The van der Waals surface area contributed by atoms with E-state index in [1.54, 1.807) is 4.90 Å². The van der Waals surface area contributed by atoms with Crippen LogP contribution in [0.25, 0.3) is 0 Å². The van der Waals surface area contributed by atoms with Gasteiger partial charge in [0.1, 0.15) is 6.54 Å². The Hall–Kier alpha value is -1.53. The Morgan fingerprint density at radius 3 is 2.81 bits per heavy atom. The molecule has 0 unspecified atom stereocenters. The molecule has 2 aliphatic heterocycles. The van der Waals surface area contributed by atoms with E-state index in [-0.39, 0.29) is 0 Å². The van der Waals surface area contributed by atoms with E-state index in [0.29, 0.717) is 6.79 Å². The van der Waals surface area contributed by atoms with Gasteiger partial charge in [0.25, 0.3) is 0 Å². The zero-order valence-electron chi connectivity index (χ0n) is 12.4. The van der Waals surface area contributed by atoms with Crippen molar-refractivity contribution in [3.63, 3.8) is 0 Å². The quantitative estimate of drug-likeness (QED) is 0.770. The van der Waals surface area contributed by atoms with Crippen molar-refractivity contribution in [2.75, 3.05) is 39.5 Å². The second-order valence-corrected chi connectivity index (χ2v) is 5.82. The predicted octanol–water partition coefficient (Wildman–Crippen LogP) is 0.0102. The Labute approximate surface area is 130 Å². The molecule has 2 aliphatic rings. The van der Waals surface area contributed by atoms with Crippen molar-refractivity contribution in [2.24, 2.45) is 0 Å². The van der Waals surface area contributed by atoms with E-state index in [2.05, 4.69) is 29.3 Å². The van der Waals surface area contributed by atoms with Crippen LogP contribution in [0, 0.1) is 0 Å². The minimum Gasteiger partial charge on any atom is -0.454 e. The Bertz CT molecular complexity index is 516. The molecule has 1 aromatic rings. The maximum Gasteiger partial charge on any atom is 0.231 e. The molecule has 5 nitrogen and oxygen atoms in total. The topological polar surface area (TPSA) is 38.2 Å². The van der Waals surface area contributed by atoms with Gasteiger partial charge in [-0.05, 0) is 37.3 Å². The number of hydrogen-bond donors (Lipinski definition) is 2. The third-order valence-electron chi connectivity index (χ3n) is 3.98. The molecule has 0 atom stereocenters. The summed E-state index contributed by atoms with van der Waals surface area (Å²) >= 11 is 5.37. The van der Waals surface area contributed by atoms with Gasteiger partial charge in [0, 0.05) is 12.1 Å². The van der Waals surface area contributed by atoms with Crippen LogP contribution in [0.5, 0.6) is 11.5 Å². The summed E-state index contributed by atoms with van der Waals surface area (Å²) in [6.45, 7) is 8.60. The van der Waals surface area contributed by atoms with Gasteiger partial charge in [0.15, 0.2) is 16.6 Å². The van der Waals surface area contributed by atoms with Crippen LogP contribution in [0.3, 0.4) is 0 Å². The summed E-state index contributed by atoms with van der Waals surface area (Å²) in [5.74, 6) is 1.73. The Morgan fingerprint density at radius 2 is 2.05 bits per heavy atom. The third kappa shape index (κ3) is 3.39. The number of fused-ring (bicyclic) bond motifs is 1. The van der Waals surface area contributed by atoms with Gasteiger partial charge in [-0.25, -0.2) is 0 Å².